The Labute approximate surface area is 162 Å². The number of aliphatic imine (C=N–C) groups is 1. The van der Waals surface area contributed by atoms with Crippen LogP contribution in [0, 0.1) is 6.92 Å². The van der Waals surface area contributed by atoms with E-state index in [2.05, 4.69) is 15.6 Å². The highest BCUT2D eigenvalue weighted by atomic mass is 16.6. The van der Waals surface area contributed by atoms with E-state index in [4.69, 9.17) is 14.2 Å². The van der Waals surface area contributed by atoms with Crippen molar-refractivity contribution in [2.24, 2.45) is 4.99 Å². The fourth-order valence-electron chi connectivity index (χ4n) is 2.20. The number of rotatable bonds is 9. The molecule has 0 aromatic heterocycles. The van der Waals surface area contributed by atoms with E-state index in [1.54, 1.807) is 7.11 Å². The van der Waals surface area contributed by atoms with Crippen LogP contribution >= 0.6 is 0 Å². The van der Waals surface area contributed by atoms with Gasteiger partial charge in [-0.1, -0.05) is 12.1 Å². The first-order valence-corrected chi connectivity index (χ1v) is 9.20. The topological polar surface area (TPSA) is 81.2 Å². The largest absolute Gasteiger partial charge is 0.491 e. The molecule has 0 spiro atoms. The summed E-state index contributed by atoms with van der Waals surface area (Å²) in [5.74, 6) is 1.01. The lowest BCUT2D eigenvalue weighted by Gasteiger charge is -2.20. The molecular formula is C20H33N3O4. The average Bonchev–Trinajstić information content (AvgIpc) is 2.57. The quantitative estimate of drug-likeness (QED) is 0.297. The number of aryl methyl sites for hydroxylation is 1. The van der Waals surface area contributed by atoms with Gasteiger partial charge in [0.2, 0.25) is 0 Å². The lowest BCUT2D eigenvalue weighted by Crippen LogP contribution is -2.41. The van der Waals surface area contributed by atoms with Crippen LogP contribution in [-0.2, 0) is 20.8 Å². The molecule has 1 aromatic carbocycles. The second-order valence-corrected chi connectivity index (χ2v) is 7.09. The van der Waals surface area contributed by atoms with Crippen molar-refractivity contribution < 1.29 is 19.0 Å². The summed E-state index contributed by atoms with van der Waals surface area (Å²) in [5, 5.41) is 6.12. The Balaban J connectivity index is 2.75. The van der Waals surface area contributed by atoms with Gasteiger partial charge in [0.1, 0.15) is 24.5 Å². The van der Waals surface area contributed by atoms with E-state index in [0.717, 1.165) is 16.9 Å². The van der Waals surface area contributed by atoms with Gasteiger partial charge in [0.15, 0.2) is 5.96 Å². The van der Waals surface area contributed by atoms with Crippen molar-refractivity contribution in [3.63, 3.8) is 0 Å². The van der Waals surface area contributed by atoms with E-state index in [-0.39, 0.29) is 12.5 Å². The molecule has 2 N–H and O–H groups in total. The molecule has 0 aliphatic carbocycles. The van der Waals surface area contributed by atoms with E-state index in [1.165, 1.54) is 0 Å². The third-order valence-corrected chi connectivity index (χ3v) is 3.34. The minimum absolute atomic E-state index is 0.0498. The second kappa shape index (κ2) is 11.4. The number of carbonyl (C=O) groups excluding carboxylic acids is 1. The maximum Gasteiger partial charge on any atom is 0.325 e. The predicted octanol–water partition coefficient (Wildman–Crippen LogP) is 2.42. The van der Waals surface area contributed by atoms with Gasteiger partial charge in [-0.05, 0) is 46.2 Å². The van der Waals surface area contributed by atoms with Crippen LogP contribution in [0.25, 0.3) is 0 Å². The van der Waals surface area contributed by atoms with E-state index in [9.17, 15) is 4.79 Å². The first kappa shape index (κ1) is 22.8. The Hall–Kier alpha value is -2.28. The van der Waals surface area contributed by atoms with Crippen LogP contribution in [0.5, 0.6) is 5.75 Å². The normalized spacial score (nSPS) is 11.9. The molecule has 1 rings (SSSR count). The van der Waals surface area contributed by atoms with E-state index in [0.29, 0.717) is 32.3 Å². The Kier molecular flexibility index (Phi) is 9.64. The maximum absolute atomic E-state index is 11.9. The molecule has 0 saturated carbocycles. The number of nitrogens with zero attached hydrogens (tertiary/aromatic N) is 1. The van der Waals surface area contributed by atoms with Crippen LogP contribution in [0.3, 0.4) is 0 Å². The van der Waals surface area contributed by atoms with Crippen LogP contribution in [0.2, 0.25) is 0 Å². The molecule has 0 heterocycles. The molecule has 7 nitrogen and oxygen atoms in total. The smallest absolute Gasteiger partial charge is 0.325 e. The monoisotopic (exact) mass is 379 g/mol. The van der Waals surface area contributed by atoms with E-state index >= 15 is 0 Å². The Morgan fingerprint density at radius 2 is 1.93 bits per heavy atom. The SMILES string of the molecule is CCNC(=NCc1ccc(C)cc1OCCOC)NCC(=O)OC(C)(C)C. The molecule has 27 heavy (non-hydrogen) atoms. The molecule has 0 radical (unpaired) electrons. The molecule has 0 unspecified atom stereocenters. The van der Waals surface area contributed by atoms with Crippen molar-refractivity contribution in [3.05, 3.63) is 29.3 Å². The molecule has 152 valence electrons. The maximum atomic E-state index is 11.9. The summed E-state index contributed by atoms with van der Waals surface area (Å²) in [5.41, 5.74) is 1.57. The zero-order chi connectivity index (χ0) is 20.3. The van der Waals surface area contributed by atoms with Crippen molar-refractivity contribution in [2.45, 2.75) is 46.8 Å². The van der Waals surface area contributed by atoms with Crippen molar-refractivity contribution >= 4 is 11.9 Å². The summed E-state index contributed by atoms with van der Waals surface area (Å²) < 4.78 is 16.1. The molecule has 0 amide bonds. The Bertz CT molecular complexity index is 624. The summed E-state index contributed by atoms with van der Waals surface area (Å²) in [6.07, 6.45) is 0. The third kappa shape index (κ3) is 9.84. The van der Waals surface area contributed by atoms with Gasteiger partial charge < -0.3 is 24.8 Å². The highest BCUT2D eigenvalue weighted by Crippen LogP contribution is 2.21. The summed E-state index contributed by atoms with van der Waals surface area (Å²) in [4.78, 5) is 16.4. The number of hydrogen-bond acceptors (Lipinski definition) is 5. The average molecular weight is 380 g/mol. The molecular weight excluding hydrogens is 346 g/mol. The van der Waals surface area contributed by atoms with Gasteiger partial charge in [-0.25, -0.2) is 4.99 Å². The number of carbonyl (C=O) groups is 1. The molecule has 0 aliphatic heterocycles. The van der Waals surface area contributed by atoms with Gasteiger partial charge in [-0.2, -0.15) is 0 Å². The van der Waals surface area contributed by atoms with Crippen molar-refractivity contribution in [1.82, 2.24) is 10.6 Å². The van der Waals surface area contributed by atoms with E-state index in [1.807, 2.05) is 52.8 Å². The lowest BCUT2D eigenvalue weighted by atomic mass is 10.1. The van der Waals surface area contributed by atoms with Gasteiger partial charge in [0.05, 0.1) is 13.2 Å². The van der Waals surface area contributed by atoms with Crippen LogP contribution < -0.4 is 15.4 Å². The lowest BCUT2D eigenvalue weighted by molar-refractivity contribution is -0.153. The number of esters is 1. The number of methoxy groups -OCH3 is 1. The fraction of sp³-hybridized carbons (Fsp3) is 0.600. The molecule has 7 heteroatoms. The minimum Gasteiger partial charge on any atom is -0.491 e. The minimum atomic E-state index is -0.509. The zero-order valence-corrected chi connectivity index (χ0v) is 17.3. The Morgan fingerprint density at radius 3 is 2.56 bits per heavy atom. The second-order valence-electron chi connectivity index (χ2n) is 7.09. The molecule has 0 atom stereocenters. The van der Waals surface area contributed by atoms with Gasteiger partial charge in [-0.3, -0.25) is 4.79 Å². The highest BCUT2D eigenvalue weighted by molar-refractivity contribution is 5.84. The summed E-state index contributed by atoms with van der Waals surface area (Å²) in [6, 6.07) is 6.01. The summed E-state index contributed by atoms with van der Waals surface area (Å²) in [7, 11) is 1.64. The van der Waals surface area contributed by atoms with Gasteiger partial charge in [-0.15, -0.1) is 0 Å². The number of ether oxygens (including phenoxy) is 3. The van der Waals surface area contributed by atoms with Gasteiger partial charge in [0.25, 0.3) is 0 Å². The van der Waals surface area contributed by atoms with Crippen molar-refractivity contribution in [2.75, 3.05) is 33.4 Å². The van der Waals surface area contributed by atoms with E-state index < -0.39 is 5.60 Å². The van der Waals surface area contributed by atoms with Crippen molar-refractivity contribution in [1.29, 1.82) is 0 Å². The van der Waals surface area contributed by atoms with Crippen LogP contribution in [0.1, 0.15) is 38.8 Å². The number of nitrogens with one attached hydrogen (secondary N) is 2. The number of hydrogen-bond donors (Lipinski definition) is 2. The molecule has 0 bridgehead atoms. The molecule has 0 aliphatic rings. The molecule has 1 aromatic rings. The number of benzene rings is 1. The van der Waals surface area contributed by atoms with Crippen LogP contribution in [0.15, 0.2) is 23.2 Å². The zero-order valence-electron chi connectivity index (χ0n) is 17.3. The Morgan fingerprint density at radius 1 is 1.19 bits per heavy atom. The first-order valence-electron chi connectivity index (χ1n) is 9.20. The summed E-state index contributed by atoms with van der Waals surface area (Å²) in [6.45, 7) is 11.7. The standard InChI is InChI=1S/C20H33N3O4/c1-7-21-19(23-14-18(24)27-20(3,4)5)22-13-16-9-8-15(2)12-17(16)26-11-10-25-6/h8-9,12H,7,10-11,13-14H2,1-6H3,(H2,21,22,23). The van der Waals surface area contributed by atoms with Crippen molar-refractivity contribution in [3.8, 4) is 5.75 Å². The molecule has 0 saturated heterocycles. The van der Waals surface area contributed by atoms with Gasteiger partial charge >= 0.3 is 5.97 Å². The molecule has 0 fully saturated rings. The fourth-order valence-corrected chi connectivity index (χ4v) is 2.20. The number of guanidine groups is 1. The highest BCUT2D eigenvalue weighted by Gasteiger charge is 2.16. The third-order valence-electron chi connectivity index (χ3n) is 3.34. The van der Waals surface area contributed by atoms with Crippen LogP contribution in [0.4, 0.5) is 0 Å². The predicted molar refractivity (Wildman–Crippen MR) is 107 cm³/mol. The first-order chi connectivity index (χ1) is 12.7. The van der Waals surface area contributed by atoms with Crippen LogP contribution in [-0.4, -0.2) is 50.9 Å². The summed E-state index contributed by atoms with van der Waals surface area (Å²) >= 11 is 0. The van der Waals surface area contributed by atoms with Gasteiger partial charge in [0, 0.05) is 19.2 Å².